The highest BCUT2D eigenvalue weighted by molar-refractivity contribution is 7.89. The summed E-state index contributed by atoms with van der Waals surface area (Å²) < 4.78 is 42.1. The van der Waals surface area contributed by atoms with Gasteiger partial charge in [-0.3, -0.25) is 0 Å². The molecule has 0 fully saturated rings. The van der Waals surface area contributed by atoms with Crippen LogP contribution in [0.3, 0.4) is 0 Å². The van der Waals surface area contributed by atoms with Crippen molar-refractivity contribution in [1.82, 2.24) is 14.3 Å². The standard InChI is InChI=1S/C12H15FN4O2S/c1-8-5-9(14)6-10(12(8)13)20(18,19)16-7-11-15-3-4-17(11)2/h3-6,16H,7,14H2,1-2H3. The van der Waals surface area contributed by atoms with Crippen molar-refractivity contribution in [3.05, 3.63) is 41.7 Å². The minimum atomic E-state index is -3.99. The summed E-state index contributed by atoms with van der Waals surface area (Å²) in [5.41, 5.74) is 5.94. The van der Waals surface area contributed by atoms with Gasteiger partial charge in [0.15, 0.2) is 0 Å². The van der Waals surface area contributed by atoms with E-state index in [1.807, 2.05) is 0 Å². The van der Waals surface area contributed by atoms with Crippen molar-refractivity contribution in [1.29, 1.82) is 0 Å². The highest BCUT2D eigenvalue weighted by atomic mass is 32.2. The molecule has 0 saturated heterocycles. The molecule has 1 aromatic heterocycles. The number of rotatable bonds is 4. The number of nitrogen functional groups attached to an aromatic ring is 1. The first-order chi connectivity index (χ1) is 9.31. The van der Waals surface area contributed by atoms with Gasteiger partial charge in [0.25, 0.3) is 0 Å². The summed E-state index contributed by atoms with van der Waals surface area (Å²) in [7, 11) is -2.25. The Labute approximate surface area is 116 Å². The van der Waals surface area contributed by atoms with E-state index in [2.05, 4.69) is 9.71 Å². The molecular formula is C12H15FN4O2S. The number of nitrogens with one attached hydrogen (secondary N) is 1. The zero-order valence-electron chi connectivity index (χ0n) is 11.1. The molecule has 2 rings (SSSR count). The molecule has 0 atom stereocenters. The van der Waals surface area contributed by atoms with Crippen LogP contribution >= 0.6 is 0 Å². The van der Waals surface area contributed by atoms with Crippen LogP contribution in [0.25, 0.3) is 0 Å². The molecule has 1 aromatic carbocycles. The molecule has 0 radical (unpaired) electrons. The summed E-state index contributed by atoms with van der Waals surface area (Å²) >= 11 is 0. The van der Waals surface area contributed by atoms with Gasteiger partial charge in [-0.1, -0.05) is 0 Å². The van der Waals surface area contributed by atoms with Crippen LogP contribution in [0.4, 0.5) is 10.1 Å². The van der Waals surface area contributed by atoms with Gasteiger partial charge in [-0.15, -0.1) is 0 Å². The zero-order chi connectivity index (χ0) is 14.9. The lowest BCUT2D eigenvalue weighted by Crippen LogP contribution is -2.26. The summed E-state index contributed by atoms with van der Waals surface area (Å²) in [6.45, 7) is 1.43. The first kappa shape index (κ1) is 14.5. The van der Waals surface area contributed by atoms with Gasteiger partial charge < -0.3 is 10.3 Å². The average molecular weight is 298 g/mol. The second kappa shape index (κ2) is 5.22. The number of imidazole rings is 1. The molecule has 0 amide bonds. The van der Waals surface area contributed by atoms with E-state index in [4.69, 9.17) is 5.73 Å². The predicted molar refractivity (Wildman–Crippen MR) is 72.8 cm³/mol. The molecule has 2 aromatic rings. The van der Waals surface area contributed by atoms with Crippen LogP contribution < -0.4 is 10.5 Å². The maximum atomic E-state index is 13.9. The molecule has 1 heterocycles. The quantitative estimate of drug-likeness (QED) is 0.822. The minimum absolute atomic E-state index is 0.0287. The zero-order valence-corrected chi connectivity index (χ0v) is 11.9. The van der Waals surface area contributed by atoms with Gasteiger partial charge in [-0.05, 0) is 24.6 Å². The first-order valence-electron chi connectivity index (χ1n) is 5.83. The molecule has 3 N–H and O–H groups in total. The second-order valence-electron chi connectivity index (χ2n) is 4.43. The van der Waals surface area contributed by atoms with E-state index >= 15 is 0 Å². The molecule has 0 aliphatic rings. The van der Waals surface area contributed by atoms with E-state index in [0.717, 1.165) is 6.07 Å². The largest absolute Gasteiger partial charge is 0.399 e. The van der Waals surface area contributed by atoms with Crippen LogP contribution in [-0.4, -0.2) is 18.0 Å². The number of nitrogens with two attached hydrogens (primary N) is 1. The molecule has 0 spiro atoms. The van der Waals surface area contributed by atoms with E-state index in [1.54, 1.807) is 24.0 Å². The number of hydrogen-bond donors (Lipinski definition) is 2. The Hall–Kier alpha value is -1.93. The highest BCUT2D eigenvalue weighted by Crippen LogP contribution is 2.21. The Morgan fingerprint density at radius 1 is 1.45 bits per heavy atom. The molecule has 0 bridgehead atoms. The molecule has 0 unspecified atom stereocenters. The van der Waals surface area contributed by atoms with Gasteiger partial charge in [0.1, 0.15) is 16.5 Å². The smallest absolute Gasteiger partial charge is 0.243 e. The van der Waals surface area contributed by atoms with Crippen molar-refractivity contribution in [2.75, 3.05) is 5.73 Å². The van der Waals surface area contributed by atoms with Crippen molar-refractivity contribution in [2.45, 2.75) is 18.4 Å². The fourth-order valence-corrected chi connectivity index (χ4v) is 2.93. The van der Waals surface area contributed by atoms with E-state index < -0.39 is 20.7 Å². The molecule has 8 heteroatoms. The summed E-state index contributed by atoms with van der Waals surface area (Å²) in [6.07, 6.45) is 3.24. The van der Waals surface area contributed by atoms with Gasteiger partial charge in [0.2, 0.25) is 10.0 Å². The van der Waals surface area contributed by atoms with Crippen LogP contribution in [0, 0.1) is 12.7 Å². The Bertz CT molecular complexity index is 740. The summed E-state index contributed by atoms with van der Waals surface area (Å²) in [5, 5.41) is 0. The number of aromatic nitrogens is 2. The van der Waals surface area contributed by atoms with Gasteiger partial charge in [0.05, 0.1) is 6.54 Å². The first-order valence-corrected chi connectivity index (χ1v) is 7.31. The van der Waals surface area contributed by atoms with Gasteiger partial charge in [0, 0.05) is 25.1 Å². The number of anilines is 1. The van der Waals surface area contributed by atoms with Crippen molar-refractivity contribution < 1.29 is 12.8 Å². The van der Waals surface area contributed by atoms with Crippen LogP contribution in [0.15, 0.2) is 29.4 Å². The third kappa shape index (κ3) is 2.81. The summed E-state index contributed by atoms with van der Waals surface area (Å²) in [6, 6.07) is 2.48. The summed E-state index contributed by atoms with van der Waals surface area (Å²) in [4.78, 5) is 3.53. The highest BCUT2D eigenvalue weighted by Gasteiger charge is 2.21. The van der Waals surface area contributed by atoms with Gasteiger partial charge in [-0.2, -0.15) is 0 Å². The second-order valence-corrected chi connectivity index (χ2v) is 6.16. The fraction of sp³-hybridized carbons (Fsp3) is 0.250. The molecule has 0 saturated carbocycles. The number of nitrogens with zero attached hydrogens (tertiary/aromatic N) is 2. The van der Waals surface area contributed by atoms with Crippen LogP contribution in [-0.2, 0) is 23.6 Å². The van der Waals surface area contributed by atoms with Crippen molar-refractivity contribution >= 4 is 15.7 Å². The SMILES string of the molecule is Cc1cc(N)cc(S(=O)(=O)NCc2nccn2C)c1F. The van der Waals surface area contributed by atoms with Crippen LogP contribution in [0.5, 0.6) is 0 Å². The summed E-state index contributed by atoms with van der Waals surface area (Å²) in [5.74, 6) is -0.277. The molecule has 108 valence electrons. The number of benzene rings is 1. The maximum absolute atomic E-state index is 13.9. The number of sulfonamides is 1. The Morgan fingerprint density at radius 2 is 2.15 bits per heavy atom. The average Bonchev–Trinajstić information content (AvgIpc) is 2.77. The monoisotopic (exact) mass is 298 g/mol. The number of halogens is 1. The number of hydrogen-bond acceptors (Lipinski definition) is 4. The predicted octanol–water partition coefficient (Wildman–Crippen LogP) is 0.928. The normalized spacial score (nSPS) is 11.8. The molecule has 0 aliphatic carbocycles. The van der Waals surface area contributed by atoms with E-state index in [-0.39, 0.29) is 17.8 Å². The van der Waals surface area contributed by atoms with Gasteiger partial charge in [-0.25, -0.2) is 22.5 Å². The van der Waals surface area contributed by atoms with Crippen molar-refractivity contribution in [3.63, 3.8) is 0 Å². The molecule has 20 heavy (non-hydrogen) atoms. The lowest BCUT2D eigenvalue weighted by molar-refractivity contribution is 0.551. The van der Waals surface area contributed by atoms with Crippen LogP contribution in [0.1, 0.15) is 11.4 Å². The van der Waals surface area contributed by atoms with E-state index in [1.165, 1.54) is 13.0 Å². The van der Waals surface area contributed by atoms with Gasteiger partial charge >= 0.3 is 0 Å². The third-order valence-electron chi connectivity index (χ3n) is 2.87. The Morgan fingerprint density at radius 3 is 2.75 bits per heavy atom. The lowest BCUT2D eigenvalue weighted by atomic mass is 10.2. The van der Waals surface area contributed by atoms with Crippen molar-refractivity contribution in [2.24, 2.45) is 7.05 Å². The molecule has 6 nitrogen and oxygen atoms in total. The third-order valence-corrected chi connectivity index (χ3v) is 4.27. The van der Waals surface area contributed by atoms with E-state index in [9.17, 15) is 12.8 Å². The van der Waals surface area contributed by atoms with Crippen LogP contribution in [0.2, 0.25) is 0 Å². The molecular weight excluding hydrogens is 283 g/mol. The fourth-order valence-electron chi connectivity index (χ4n) is 1.76. The maximum Gasteiger partial charge on any atom is 0.243 e. The molecule has 0 aliphatic heterocycles. The Balaban J connectivity index is 2.29. The number of aryl methyl sites for hydroxylation is 2. The van der Waals surface area contributed by atoms with E-state index in [0.29, 0.717) is 5.82 Å². The topological polar surface area (TPSA) is 90.0 Å². The van der Waals surface area contributed by atoms with Crippen molar-refractivity contribution in [3.8, 4) is 0 Å². The minimum Gasteiger partial charge on any atom is -0.399 e. The lowest BCUT2D eigenvalue weighted by Gasteiger charge is -2.10. The Kier molecular flexibility index (Phi) is 3.78.